The van der Waals surface area contributed by atoms with E-state index in [2.05, 4.69) is 15.2 Å². The average Bonchev–Trinajstić information content (AvgIpc) is 3.03. The maximum atomic E-state index is 12.5. The Hall–Kier alpha value is -1.07. The molecule has 8 nitrogen and oxygen atoms in total. The molecule has 164 valence electrons. The lowest BCUT2D eigenvalue weighted by molar-refractivity contribution is 0.00748. The van der Waals surface area contributed by atoms with Crippen molar-refractivity contribution in [3.05, 3.63) is 15.6 Å². The molecule has 2 aliphatic rings. The molecule has 1 aromatic heterocycles. The first kappa shape index (κ1) is 22.6. The first-order chi connectivity index (χ1) is 13.8. The van der Waals surface area contributed by atoms with Crippen LogP contribution in [0, 0.1) is 13.8 Å². The smallest absolute Gasteiger partial charge is 0.263 e. The zero-order valence-electron chi connectivity index (χ0n) is 17.5. The minimum Gasteiger partial charge on any atom is -0.381 e. The lowest BCUT2D eigenvalue weighted by atomic mass is 9.98. The van der Waals surface area contributed by atoms with Gasteiger partial charge in [0.2, 0.25) is 10.0 Å². The summed E-state index contributed by atoms with van der Waals surface area (Å²) in [4.78, 5) is 20.0. The summed E-state index contributed by atoms with van der Waals surface area (Å²) in [6.45, 7) is 7.75. The van der Waals surface area contributed by atoms with Crippen molar-refractivity contribution in [3.63, 3.8) is 0 Å². The number of piperidine rings is 1. The molecule has 10 heteroatoms. The zero-order valence-corrected chi connectivity index (χ0v) is 19.1. The third-order valence-electron chi connectivity index (χ3n) is 5.79. The Balaban J connectivity index is 1.59. The second-order valence-corrected chi connectivity index (χ2v) is 11.1. The van der Waals surface area contributed by atoms with Gasteiger partial charge in [0.15, 0.2) is 0 Å². The van der Waals surface area contributed by atoms with Crippen molar-refractivity contribution in [1.82, 2.24) is 19.5 Å². The van der Waals surface area contributed by atoms with Gasteiger partial charge in [0, 0.05) is 51.5 Å². The van der Waals surface area contributed by atoms with Crippen LogP contribution in [-0.4, -0.2) is 86.2 Å². The highest BCUT2D eigenvalue weighted by molar-refractivity contribution is 7.88. The number of nitrogens with one attached hydrogen (secondary N) is 1. The highest BCUT2D eigenvalue weighted by Gasteiger charge is 2.32. The molecule has 1 N–H and O–H groups in total. The van der Waals surface area contributed by atoms with Gasteiger partial charge in [-0.25, -0.2) is 17.7 Å². The Labute approximate surface area is 177 Å². The highest BCUT2D eigenvalue weighted by atomic mass is 32.2. The molecule has 1 aromatic rings. The fourth-order valence-electron chi connectivity index (χ4n) is 4.31. The van der Waals surface area contributed by atoms with Crippen molar-refractivity contribution in [2.24, 2.45) is 0 Å². The van der Waals surface area contributed by atoms with Crippen LogP contribution in [0.5, 0.6) is 0 Å². The molecule has 1 amide bonds. The second kappa shape index (κ2) is 9.82. The Kier molecular flexibility index (Phi) is 7.66. The Bertz CT molecular complexity index is 797. The summed E-state index contributed by atoms with van der Waals surface area (Å²) in [7, 11) is -3.13. The number of amides is 1. The van der Waals surface area contributed by atoms with Gasteiger partial charge in [0.1, 0.15) is 4.88 Å². The molecule has 2 aliphatic heterocycles. The predicted molar refractivity (Wildman–Crippen MR) is 114 cm³/mol. The summed E-state index contributed by atoms with van der Waals surface area (Å²) < 4.78 is 30.7. The molecule has 2 saturated heterocycles. The van der Waals surface area contributed by atoms with E-state index in [9.17, 15) is 13.2 Å². The van der Waals surface area contributed by atoms with E-state index in [4.69, 9.17) is 4.74 Å². The van der Waals surface area contributed by atoms with Crippen LogP contribution >= 0.6 is 11.3 Å². The van der Waals surface area contributed by atoms with Crippen molar-refractivity contribution in [2.45, 2.75) is 51.6 Å². The molecule has 3 rings (SSSR count). The highest BCUT2D eigenvalue weighted by Crippen LogP contribution is 2.24. The van der Waals surface area contributed by atoms with E-state index in [-0.39, 0.29) is 5.91 Å². The summed E-state index contributed by atoms with van der Waals surface area (Å²) in [5.74, 6) is -0.0630. The number of aromatic nitrogens is 1. The van der Waals surface area contributed by atoms with Crippen molar-refractivity contribution in [2.75, 3.05) is 45.6 Å². The number of nitrogens with zero attached hydrogens (tertiary/aromatic N) is 3. The second-order valence-electron chi connectivity index (χ2n) is 7.88. The van der Waals surface area contributed by atoms with E-state index in [0.29, 0.717) is 36.6 Å². The van der Waals surface area contributed by atoms with Gasteiger partial charge in [0.25, 0.3) is 5.91 Å². The van der Waals surface area contributed by atoms with Gasteiger partial charge in [-0.3, -0.25) is 9.69 Å². The predicted octanol–water partition coefficient (Wildman–Crippen LogP) is 1.39. The van der Waals surface area contributed by atoms with Crippen molar-refractivity contribution in [3.8, 4) is 0 Å². The number of hydrogen-bond acceptors (Lipinski definition) is 7. The van der Waals surface area contributed by atoms with E-state index in [1.54, 1.807) is 4.31 Å². The fourth-order valence-corrected chi connectivity index (χ4v) is 6.02. The Morgan fingerprint density at radius 1 is 1.21 bits per heavy atom. The number of carbonyl (C=O) groups excluding carboxylic acids is 1. The quantitative estimate of drug-likeness (QED) is 0.683. The van der Waals surface area contributed by atoms with E-state index < -0.39 is 10.0 Å². The van der Waals surface area contributed by atoms with Crippen LogP contribution in [0.2, 0.25) is 0 Å². The van der Waals surface area contributed by atoms with Gasteiger partial charge in [-0.05, 0) is 39.5 Å². The van der Waals surface area contributed by atoms with Crippen LogP contribution < -0.4 is 5.32 Å². The van der Waals surface area contributed by atoms with Crippen molar-refractivity contribution < 1.29 is 17.9 Å². The molecule has 0 unspecified atom stereocenters. The summed E-state index contributed by atoms with van der Waals surface area (Å²) in [5, 5.41) is 3.94. The van der Waals surface area contributed by atoms with Crippen molar-refractivity contribution >= 4 is 27.3 Å². The van der Waals surface area contributed by atoms with Gasteiger partial charge in [0.05, 0.1) is 17.0 Å². The molecule has 29 heavy (non-hydrogen) atoms. The summed E-state index contributed by atoms with van der Waals surface area (Å²) in [6.07, 6.45) is 4.89. The van der Waals surface area contributed by atoms with Gasteiger partial charge in [-0.15, -0.1) is 11.3 Å². The van der Waals surface area contributed by atoms with E-state index in [1.165, 1.54) is 17.6 Å². The maximum absolute atomic E-state index is 12.5. The van der Waals surface area contributed by atoms with Gasteiger partial charge in [-0.2, -0.15) is 0 Å². The van der Waals surface area contributed by atoms with Gasteiger partial charge < -0.3 is 10.1 Å². The number of rotatable bonds is 7. The normalized spacial score (nSPS) is 20.3. The maximum Gasteiger partial charge on any atom is 0.263 e. The van der Waals surface area contributed by atoms with E-state index in [1.807, 2.05) is 13.8 Å². The summed E-state index contributed by atoms with van der Waals surface area (Å²) in [5.41, 5.74) is 0.777. The fraction of sp³-hybridized carbons (Fsp3) is 0.789. The first-order valence-corrected chi connectivity index (χ1v) is 12.9. The molecule has 0 aliphatic carbocycles. The number of carbonyl (C=O) groups is 1. The van der Waals surface area contributed by atoms with E-state index in [0.717, 1.165) is 56.1 Å². The van der Waals surface area contributed by atoms with Crippen LogP contribution in [0.15, 0.2) is 0 Å². The summed E-state index contributed by atoms with van der Waals surface area (Å²) in [6, 6.07) is 0.753. The van der Waals surface area contributed by atoms with E-state index >= 15 is 0 Å². The molecule has 0 radical (unpaired) electrons. The molecule has 3 heterocycles. The SMILES string of the molecule is Cc1nc(C)c(C(=O)NCCN(C2CCOCC2)C2CCN(S(C)(=O)=O)CC2)s1. The molecule has 0 aromatic carbocycles. The third-order valence-corrected chi connectivity index (χ3v) is 8.16. The number of thiazole rings is 1. The Morgan fingerprint density at radius 2 is 1.83 bits per heavy atom. The van der Waals surface area contributed by atoms with Gasteiger partial charge in [-0.1, -0.05) is 0 Å². The monoisotopic (exact) mass is 444 g/mol. The topological polar surface area (TPSA) is 91.8 Å². The Morgan fingerprint density at radius 3 is 2.38 bits per heavy atom. The van der Waals surface area contributed by atoms with Crippen molar-refractivity contribution in [1.29, 1.82) is 0 Å². The minimum atomic E-state index is -3.13. The first-order valence-electron chi connectivity index (χ1n) is 10.3. The van der Waals surface area contributed by atoms with Crippen LogP contribution in [0.25, 0.3) is 0 Å². The lowest BCUT2D eigenvalue weighted by Crippen LogP contribution is -2.53. The molecule has 0 saturated carbocycles. The molecule has 0 spiro atoms. The zero-order chi connectivity index (χ0) is 21.0. The third kappa shape index (κ3) is 5.97. The molecule has 2 fully saturated rings. The standard InChI is InChI=1S/C19H32N4O4S2/c1-14-18(28-15(2)21-14)19(24)20-8-11-23(17-6-12-27-13-7-17)16-4-9-22(10-5-16)29(3,25)26/h16-17H,4-13H2,1-3H3,(H,20,24). The molecule has 0 bridgehead atoms. The lowest BCUT2D eigenvalue weighted by Gasteiger charge is -2.43. The molecular formula is C19H32N4O4S2. The van der Waals surface area contributed by atoms with Crippen LogP contribution in [0.1, 0.15) is 46.1 Å². The average molecular weight is 445 g/mol. The van der Waals surface area contributed by atoms with Gasteiger partial charge >= 0.3 is 0 Å². The number of aryl methyl sites for hydroxylation is 2. The number of hydrogen-bond donors (Lipinski definition) is 1. The minimum absolute atomic E-state index is 0.0630. The summed E-state index contributed by atoms with van der Waals surface area (Å²) >= 11 is 1.42. The molecular weight excluding hydrogens is 412 g/mol. The number of sulfonamides is 1. The molecule has 0 atom stereocenters. The largest absolute Gasteiger partial charge is 0.381 e. The van der Waals surface area contributed by atoms with Crippen LogP contribution in [0.4, 0.5) is 0 Å². The van der Waals surface area contributed by atoms with Crippen LogP contribution in [-0.2, 0) is 14.8 Å². The van der Waals surface area contributed by atoms with Crippen LogP contribution in [0.3, 0.4) is 0 Å². The number of ether oxygens (including phenoxy) is 1.